The number of hydrogen-bond donors (Lipinski definition) is 2. The van der Waals surface area contributed by atoms with E-state index in [0.29, 0.717) is 23.8 Å². The first kappa shape index (κ1) is 18.8. The van der Waals surface area contributed by atoms with Gasteiger partial charge in [0.1, 0.15) is 0 Å². The average Bonchev–Trinajstić information content (AvgIpc) is 3.17. The summed E-state index contributed by atoms with van der Waals surface area (Å²) in [6, 6.07) is 15.7. The second kappa shape index (κ2) is 7.46. The lowest BCUT2D eigenvalue weighted by molar-refractivity contribution is -0.118. The summed E-state index contributed by atoms with van der Waals surface area (Å²) in [5, 5.41) is 6.82. The first-order chi connectivity index (χ1) is 13.4. The highest BCUT2D eigenvalue weighted by Crippen LogP contribution is 2.50. The largest absolute Gasteiger partial charge is 0.378 e. The third-order valence-corrected chi connectivity index (χ3v) is 6.12. The Balaban J connectivity index is 1.63. The Labute approximate surface area is 168 Å². The molecule has 2 aromatic rings. The molecular formula is C25H30N2O. The van der Waals surface area contributed by atoms with Crippen LogP contribution in [0, 0.1) is 11.8 Å². The Kier molecular flexibility index (Phi) is 5.01. The molecule has 1 heterocycles. The van der Waals surface area contributed by atoms with Crippen LogP contribution in [0.15, 0.2) is 54.6 Å². The summed E-state index contributed by atoms with van der Waals surface area (Å²) in [6.45, 7) is 8.30. The fraction of sp³-hybridized carbons (Fsp3) is 0.400. The van der Waals surface area contributed by atoms with Crippen molar-refractivity contribution < 1.29 is 4.79 Å². The smallest absolute Gasteiger partial charge is 0.226 e. The number of benzene rings is 2. The van der Waals surface area contributed by atoms with Gasteiger partial charge in [-0.1, -0.05) is 64.1 Å². The van der Waals surface area contributed by atoms with Gasteiger partial charge in [0.05, 0.1) is 6.04 Å². The molecule has 0 aromatic heterocycles. The van der Waals surface area contributed by atoms with E-state index in [-0.39, 0.29) is 11.8 Å². The average molecular weight is 375 g/mol. The molecule has 2 aliphatic rings. The van der Waals surface area contributed by atoms with Crippen LogP contribution in [-0.2, 0) is 4.79 Å². The van der Waals surface area contributed by atoms with Gasteiger partial charge in [0.2, 0.25) is 5.91 Å². The fourth-order valence-electron chi connectivity index (χ4n) is 4.38. The summed E-state index contributed by atoms with van der Waals surface area (Å²) in [7, 11) is 0. The van der Waals surface area contributed by atoms with Crippen LogP contribution in [0.5, 0.6) is 0 Å². The summed E-state index contributed by atoms with van der Waals surface area (Å²) in [5.41, 5.74) is 6.08. The molecule has 0 saturated carbocycles. The summed E-state index contributed by atoms with van der Waals surface area (Å²) in [5.74, 6) is 1.49. The van der Waals surface area contributed by atoms with Gasteiger partial charge >= 0.3 is 0 Å². The number of amides is 1. The van der Waals surface area contributed by atoms with Gasteiger partial charge in [-0.25, -0.2) is 0 Å². The van der Waals surface area contributed by atoms with E-state index >= 15 is 0 Å². The van der Waals surface area contributed by atoms with Crippen LogP contribution < -0.4 is 10.6 Å². The molecule has 0 spiro atoms. The topological polar surface area (TPSA) is 41.1 Å². The third kappa shape index (κ3) is 3.46. The van der Waals surface area contributed by atoms with Crippen LogP contribution in [0.4, 0.5) is 11.4 Å². The molecule has 0 saturated heterocycles. The van der Waals surface area contributed by atoms with Gasteiger partial charge in [-0.3, -0.25) is 4.79 Å². The van der Waals surface area contributed by atoms with Crippen LogP contribution in [0.25, 0.3) is 0 Å². The second-order valence-corrected chi connectivity index (χ2v) is 8.74. The number of carbonyl (C=O) groups is 1. The van der Waals surface area contributed by atoms with Crippen molar-refractivity contribution in [3.05, 3.63) is 71.3 Å². The van der Waals surface area contributed by atoms with Crippen molar-refractivity contribution in [2.45, 2.75) is 52.0 Å². The van der Waals surface area contributed by atoms with Crippen molar-refractivity contribution in [3.63, 3.8) is 0 Å². The molecule has 1 aliphatic carbocycles. The molecule has 3 heteroatoms. The summed E-state index contributed by atoms with van der Waals surface area (Å²) in [4.78, 5) is 12.1. The Morgan fingerprint density at radius 3 is 2.50 bits per heavy atom. The van der Waals surface area contributed by atoms with Gasteiger partial charge in [0.15, 0.2) is 0 Å². The standard InChI is InChI=1S/C25H30N2O/c1-15(2)17-8-10-18(11-9-17)24-21-7-5-6-20(21)22-14-19(12-13-23(22)27-24)26-25(28)16(3)4/h5-6,8-16,20-21,24,27H,7H2,1-4H3,(H,26,28). The molecule has 28 heavy (non-hydrogen) atoms. The molecule has 2 N–H and O–H groups in total. The first-order valence-electron chi connectivity index (χ1n) is 10.4. The zero-order chi connectivity index (χ0) is 19.8. The van der Waals surface area contributed by atoms with Crippen LogP contribution in [0.1, 0.15) is 68.7 Å². The maximum atomic E-state index is 12.1. The number of fused-ring (bicyclic) bond motifs is 3. The van der Waals surface area contributed by atoms with E-state index in [9.17, 15) is 4.79 Å². The van der Waals surface area contributed by atoms with E-state index < -0.39 is 0 Å². The molecule has 146 valence electrons. The SMILES string of the molecule is CC(C)C(=O)Nc1ccc2c(c1)C1C=CCC1C(c1ccc(C(C)C)cc1)N2. The van der Waals surface area contributed by atoms with E-state index in [0.717, 1.165) is 12.1 Å². The Morgan fingerprint density at radius 2 is 1.82 bits per heavy atom. The number of anilines is 2. The maximum absolute atomic E-state index is 12.1. The Bertz CT molecular complexity index is 895. The summed E-state index contributed by atoms with van der Waals surface area (Å²) in [6.07, 6.45) is 5.73. The van der Waals surface area contributed by atoms with Crippen LogP contribution in [0.3, 0.4) is 0 Å². The zero-order valence-corrected chi connectivity index (χ0v) is 17.2. The Hall–Kier alpha value is -2.55. The van der Waals surface area contributed by atoms with Crippen molar-refractivity contribution in [1.29, 1.82) is 0 Å². The van der Waals surface area contributed by atoms with E-state index in [1.807, 2.05) is 19.9 Å². The molecule has 0 fully saturated rings. The van der Waals surface area contributed by atoms with Crippen molar-refractivity contribution in [2.75, 3.05) is 10.6 Å². The lowest BCUT2D eigenvalue weighted by atomic mass is 9.76. The minimum absolute atomic E-state index is 0.0218. The van der Waals surface area contributed by atoms with E-state index in [2.05, 4.69) is 73.0 Å². The number of carbonyl (C=O) groups excluding carboxylic acids is 1. The quantitative estimate of drug-likeness (QED) is 0.623. The summed E-state index contributed by atoms with van der Waals surface area (Å²) < 4.78 is 0. The van der Waals surface area contributed by atoms with Gasteiger partial charge < -0.3 is 10.6 Å². The Morgan fingerprint density at radius 1 is 1.07 bits per heavy atom. The predicted molar refractivity (Wildman–Crippen MR) is 117 cm³/mol. The van der Waals surface area contributed by atoms with Gasteiger partial charge in [-0.05, 0) is 53.1 Å². The van der Waals surface area contributed by atoms with Gasteiger partial charge in [-0.2, -0.15) is 0 Å². The van der Waals surface area contributed by atoms with E-state index in [1.165, 1.54) is 22.4 Å². The minimum Gasteiger partial charge on any atom is -0.378 e. The molecule has 2 aromatic carbocycles. The number of rotatable bonds is 4. The third-order valence-electron chi connectivity index (χ3n) is 6.12. The van der Waals surface area contributed by atoms with Crippen molar-refractivity contribution in [2.24, 2.45) is 11.8 Å². The van der Waals surface area contributed by atoms with Crippen LogP contribution in [0.2, 0.25) is 0 Å². The zero-order valence-electron chi connectivity index (χ0n) is 17.2. The van der Waals surface area contributed by atoms with Gasteiger partial charge in [0, 0.05) is 23.2 Å². The van der Waals surface area contributed by atoms with Crippen molar-refractivity contribution in [1.82, 2.24) is 0 Å². The highest BCUT2D eigenvalue weighted by atomic mass is 16.1. The van der Waals surface area contributed by atoms with Crippen LogP contribution in [-0.4, -0.2) is 5.91 Å². The van der Waals surface area contributed by atoms with Crippen LogP contribution >= 0.6 is 0 Å². The molecule has 0 bridgehead atoms. The van der Waals surface area contributed by atoms with Gasteiger partial charge in [0.25, 0.3) is 0 Å². The molecule has 0 radical (unpaired) electrons. The lowest BCUT2D eigenvalue weighted by Gasteiger charge is -2.38. The number of allylic oxidation sites excluding steroid dienone is 2. The molecule has 1 amide bonds. The van der Waals surface area contributed by atoms with E-state index in [1.54, 1.807) is 0 Å². The molecule has 1 aliphatic heterocycles. The fourth-order valence-corrected chi connectivity index (χ4v) is 4.38. The van der Waals surface area contributed by atoms with Gasteiger partial charge in [-0.15, -0.1) is 0 Å². The van der Waals surface area contributed by atoms with Crippen molar-refractivity contribution in [3.8, 4) is 0 Å². The highest BCUT2D eigenvalue weighted by molar-refractivity contribution is 5.92. The maximum Gasteiger partial charge on any atom is 0.226 e. The second-order valence-electron chi connectivity index (χ2n) is 8.74. The number of hydrogen-bond acceptors (Lipinski definition) is 2. The normalized spacial score (nSPS) is 22.7. The molecule has 4 rings (SSSR count). The predicted octanol–water partition coefficient (Wildman–Crippen LogP) is 6.23. The highest BCUT2D eigenvalue weighted by Gasteiger charge is 2.38. The lowest BCUT2D eigenvalue weighted by Crippen LogP contribution is -2.29. The molecule has 3 atom stereocenters. The first-order valence-corrected chi connectivity index (χ1v) is 10.4. The monoisotopic (exact) mass is 374 g/mol. The molecular weight excluding hydrogens is 344 g/mol. The molecule has 3 unspecified atom stereocenters. The van der Waals surface area contributed by atoms with E-state index in [4.69, 9.17) is 0 Å². The number of nitrogens with one attached hydrogen (secondary N) is 2. The summed E-state index contributed by atoms with van der Waals surface area (Å²) >= 11 is 0. The minimum atomic E-state index is -0.0218. The molecule has 3 nitrogen and oxygen atoms in total. The van der Waals surface area contributed by atoms with Crippen molar-refractivity contribution >= 4 is 17.3 Å².